The third kappa shape index (κ3) is 4.25. The summed E-state index contributed by atoms with van der Waals surface area (Å²) in [7, 11) is 0. The van der Waals surface area contributed by atoms with Crippen LogP contribution in [0.4, 0.5) is 0 Å². The van der Waals surface area contributed by atoms with Crippen molar-refractivity contribution in [3.63, 3.8) is 0 Å². The molecule has 1 heterocycles. The summed E-state index contributed by atoms with van der Waals surface area (Å²) >= 11 is 0. The number of carbonyl (C=O) groups excluding carboxylic acids is 1. The van der Waals surface area contributed by atoms with Gasteiger partial charge in [-0.1, -0.05) is 20.8 Å². The lowest BCUT2D eigenvalue weighted by Crippen LogP contribution is -2.35. The molecule has 0 aliphatic heterocycles. The number of nitrogens with two attached hydrogens (primary N) is 1. The van der Waals surface area contributed by atoms with Crippen LogP contribution in [0.5, 0.6) is 0 Å². The number of aromatic amines is 1. The van der Waals surface area contributed by atoms with Gasteiger partial charge in [0.15, 0.2) is 0 Å². The minimum Gasteiger partial charge on any atom is -0.348 e. The molecule has 84 valence electrons. The van der Waals surface area contributed by atoms with Crippen molar-refractivity contribution in [2.45, 2.75) is 39.7 Å². The van der Waals surface area contributed by atoms with Crippen molar-refractivity contribution < 1.29 is 4.79 Å². The number of aromatic nitrogens is 2. The van der Waals surface area contributed by atoms with E-state index in [0.29, 0.717) is 12.8 Å². The number of rotatable bonds is 4. The van der Waals surface area contributed by atoms with Crippen LogP contribution in [-0.2, 0) is 11.2 Å². The molecule has 3 N–H and O–H groups in total. The molecule has 0 radical (unpaired) electrons. The molecule has 0 amide bonds. The highest BCUT2D eigenvalue weighted by Crippen LogP contribution is 2.19. The van der Waals surface area contributed by atoms with Crippen molar-refractivity contribution >= 4 is 5.78 Å². The van der Waals surface area contributed by atoms with Gasteiger partial charge in [0.1, 0.15) is 5.78 Å². The molecule has 0 bridgehead atoms. The first kappa shape index (κ1) is 11.9. The predicted molar refractivity (Wildman–Crippen MR) is 59.3 cm³/mol. The predicted octanol–water partition coefficient (Wildman–Crippen LogP) is 1.28. The molecule has 0 aromatic carbocycles. The fraction of sp³-hybridized carbons (Fsp3) is 0.636. The number of hydrogen-bond donors (Lipinski definition) is 2. The lowest BCUT2D eigenvalue weighted by Gasteiger charge is -2.19. The molecule has 0 saturated carbocycles. The van der Waals surface area contributed by atoms with Gasteiger partial charge in [0, 0.05) is 24.7 Å². The van der Waals surface area contributed by atoms with Gasteiger partial charge in [-0.15, -0.1) is 0 Å². The summed E-state index contributed by atoms with van der Waals surface area (Å²) in [4.78, 5) is 18.6. The third-order valence-electron chi connectivity index (χ3n) is 2.11. The number of Topliss-reactive ketones (excluding diaryl/α,β-unsaturated/α-hetero) is 1. The van der Waals surface area contributed by atoms with E-state index in [4.69, 9.17) is 5.73 Å². The molecule has 0 spiro atoms. The van der Waals surface area contributed by atoms with E-state index in [1.807, 2.05) is 20.8 Å². The van der Waals surface area contributed by atoms with E-state index >= 15 is 0 Å². The largest absolute Gasteiger partial charge is 0.348 e. The summed E-state index contributed by atoms with van der Waals surface area (Å²) in [5.41, 5.74) is 6.73. The molecule has 15 heavy (non-hydrogen) atoms. The summed E-state index contributed by atoms with van der Waals surface area (Å²) in [5, 5.41) is 0. The second-order valence-corrected chi connectivity index (χ2v) is 5.09. The van der Waals surface area contributed by atoms with Crippen LogP contribution in [0.3, 0.4) is 0 Å². The van der Waals surface area contributed by atoms with Crippen LogP contribution >= 0.6 is 0 Å². The lowest BCUT2D eigenvalue weighted by atomic mass is 9.87. The molecule has 0 aliphatic carbocycles. The fourth-order valence-corrected chi connectivity index (χ4v) is 1.40. The van der Waals surface area contributed by atoms with Crippen molar-refractivity contribution in [3.8, 4) is 0 Å². The Kier molecular flexibility index (Phi) is 3.63. The summed E-state index contributed by atoms with van der Waals surface area (Å²) in [6.45, 7) is 6.11. The first-order valence-electron chi connectivity index (χ1n) is 5.14. The molecule has 1 atom stereocenters. The maximum Gasteiger partial charge on any atom is 0.150 e. The van der Waals surface area contributed by atoms with Gasteiger partial charge in [-0.3, -0.25) is 4.79 Å². The Labute approximate surface area is 90.3 Å². The van der Waals surface area contributed by atoms with Gasteiger partial charge in [0.05, 0.1) is 12.4 Å². The highest BCUT2D eigenvalue weighted by Gasteiger charge is 2.21. The van der Waals surface area contributed by atoms with Crippen molar-refractivity contribution in [3.05, 3.63) is 18.2 Å². The van der Waals surface area contributed by atoms with E-state index in [0.717, 1.165) is 5.69 Å². The maximum atomic E-state index is 11.7. The normalized spacial score (nSPS) is 13.9. The smallest absolute Gasteiger partial charge is 0.150 e. The molecule has 1 unspecified atom stereocenters. The van der Waals surface area contributed by atoms with Gasteiger partial charge >= 0.3 is 0 Å². The summed E-state index contributed by atoms with van der Waals surface area (Å²) in [6, 6.07) is -0.426. The van der Waals surface area contributed by atoms with Gasteiger partial charge in [-0.05, 0) is 5.41 Å². The van der Waals surface area contributed by atoms with Crippen LogP contribution < -0.4 is 5.73 Å². The van der Waals surface area contributed by atoms with Crippen molar-refractivity contribution in [1.29, 1.82) is 0 Å². The fourth-order valence-electron chi connectivity index (χ4n) is 1.40. The first-order valence-corrected chi connectivity index (χ1v) is 5.14. The standard InChI is InChI=1S/C11H19N3O/c1-11(2,3)5-10(15)9(12)4-8-6-13-7-14-8/h6-7,9H,4-5,12H2,1-3H3,(H,13,14). The topological polar surface area (TPSA) is 71.8 Å². The second kappa shape index (κ2) is 4.57. The zero-order valence-electron chi connectivity index (χ0n) is 9.58. The number of imidazole rings is 1. The molecular weight excluding hydrogens is 190 g/mol. The molecule has 4 nitrogen and oxygen atoms in total. The zero-order chi connectivity index (χ0) is 11.5. The molecule has 1 aromatic heterocycles. The van der Waals surface area contributed by atoms with Crippen molar-refractivity contribution in [2.75, 3.05) is 0 Å². The lowest BCUT2D eigenvalue weighted by molar-refractivity contribution is -0.122. The summed E-state index contributed by atoms with van der Waals surface area (Å²) in [5.74, 6) is 0.108. The van der Waals surface area contributed by atoms with E-state index in [1.54, 1.807) is 12.5 Å². The highest BCUT2D eigenvalue weighted by atomic mass is 16.1. The van der Waals surface area contributed by atoms with Crippen LogP contribution in [-0.4, -0.2) is 21.8 Å². The Morgan fingerprint density at radius 1 is 1.60 bits per heavy atom. The van der Waals surface area contributed by atoms with E-state index in [9.17, 15) is 4.79 Å². The second-order valence-electron chi connectivity index (χ2n) is 5.09. The monoisotopic (exact) mass is 209 g/mol. The van der Waals surface area contributed by atoms with Gasteiger partial charge in [-0.25, -0.2) is 4.98 Å². The average molecular weight is 209 g/mol. The van der Waals surface area contributed by atoms with Crippen LogP contribution in [0.1, 0.15) is 32.9 Å². The van der Waals surface area contributed by atoms with Gasteiger partial charge in [-0.2, -0.15) is 0 Å². The zero-order valence-corrected chi connectivity index (χ0v) is 9.58. The average Bonchev–Trinajstić information content (AvgIpc) is 2.53. The van der Waals surface area contributed by atoms with E-state index in [-0.39, 0.29) is 11.2 Å². The van der Waals surface area contributed by atoms with Crippen molar-refractivity contribution in [1.82, 2.24) is 9.97 Å². The molecule has 0 saturated heterocycles. The molecule has 1 rings (SSSR count). The minimum atomic E-state index is -0.426. The van der Waals surface area contributed by atoms with Crippen molar-refractivity contribution in [2.24, 2.45) is 11.1 Å². The summed E-state index contributed by atoms with van der Waals surface area (Å²) in [6.07, 6.45) is 4.34. The SMILES string of the molecule is CC(C)(C)CC(=O)C(N)Cc1cnc[nH]1. The quantitative estimate of drug-likeness (QED) is 0.784. The van der Waals surface area contributed by atoms with Crippen LogP contribution in [0.15, 0.2) is 12.5 Å². The third-order valence-corrected chi connectivity index (χ3v) is 2.11. The Morgan fingerprint density at radius 3 is 2.73 bits per heavy atom. The molecule has 0 fully saturated rings. The molecular formula is C11H19N3O. The van der Waals surface area contributed by atoms with E-state index in [1.165, 1.54) is 0 Å². The Bertz CT molecular complexity index is 311. The number of ketones is 1. The number of H-pyrrole nitrogens is 1. The molecule has 1 aromatic rings. The van der Waals surface area contributed by atoms with Gasteiger partial charge in [0.25, 0.3) is 0 Å². The van der Waals surface area contributed by atoms with Crippen LogP contribution in [0.2, 0.25) is 0 Å². The van der Waals surface area contributed by atoms with Gasteiger partial charge < -0.3 is 10.7 Å². The molecule has 4 heteroatoms. The van der Waals surface area contributed by atoms with Crippen LogP contribution in [0.25, 0.3) is 0 Å². The number of nitrogens with one attached hydrogen (secondary N) is 1. The Hall–Kier alpha value is -1.16. The van der Waals surface area contributed by atoms with E-state index in [2.05, 4.69) is 9.97 Å². The highest BCUT2D eigenvalue weighted by molar-refractivity contribution is 5.84. The Balaban J connectivity index is 2.47. The van der Waals surface area contributed by atoms with Gasteiger partial charge in [0.2, 0.25) is 0 Å². The number of hydrogen-bond acceptors (Lipinski definition) is 3. The maximum absolute atomic E-state index is 11.7. The minimum absolute atomic E-state index is 0.00267. The first-order chi connectivity index (χ1) is 6.88. The molecule has 0 aliphatic rings. The number of carbonyl (C=O) groups is 1. The van der Waals surface area contributed by atoms with E-state index < -0.39 is 6.04 Å². The summed E-state index contributed by atoms with van der Waals surface area (Å²) < 4.78 is 0. The Morgan fingerprint density at radius 2 is 2.27 bits per heavy atom. The van der Waals surface area contributed by atoms with Crippen LogP contribution in [0, 0.1) is 5.41 Å². The number of nitrogens with zero attached hydrogens (tertiary/aromatic N) is 1.